The highest BCUT2D eigenvalue weighted by atomic mass is 16.5. The summed E-state index contributed by atoms with van der Waals surface area (Å²) in [5.74, 6) is -0.778. The van der Waals surface area contributed by atoms with Gasteiger partial charge in [0.1, 0.15) is 5.56 Å². The number of unbranched alkanes of at least 4 members (excludes halogenated alkanes) is 15. The molecular formula is C34H53N3O5. The van der Waals surface area contributed by atoms with Crippen LogP contribution in [0.25, 0.3) is 0 Å². The number of nitrogens with zero attached hydrogens (tertiary/aromatic N) is 3. The Morgan fingerprint density at radius 2 is 1.21 bits per heavy atom. The fourth-order valence-corrected chi connectivity index (χ4v) is 5.11. The Hall–Kier alpha value is -3.16. The molecule has 0 saturated carbocycles. The van der Waals surface area contributed by atoms with Crippen LogP contribution in [0.3, 0.4) is 0 Å². The number of aliphatic imine (C=N–C) groups is 1. The van der Waals surface area contributed by atoms with E-state index in [2.05, 4.69) is 11.9 Å². The third kappa shape index (κ3) is 12.0. The van der Waals surface area contributed by atoms with Crippen LogP contribution in [0.15, 0.2) is 38.8 Å². The van der Waals surface area contributed by atoms with Crippen LogP contribution in [0, 0.1) is 0 Å². The van der Waals surface area contributed by atoms with Crippen molar-refractivity contribution in [1.82, 2.24) is 9.13 Å². The van der Waals surface area contributed by atoms with Gasteiger partial charge in [0.05, 0.1) is 17.9 Å². The van der Waals surface area contributed by atoms with E-state index in [-0.39, 0.29) is 24.6 Å². The molecule has 0 fully saturated rings. The average Bonchev–Trinajstić information content (AvgIpc) is 2.99. The van der Waals surface area contributed by atoms with Crippen molar-refractivity contribution in [3.05, 3.63) is 56.2 Å². The molecule has 0 aliphatic carbocycles. The van der Waals surface area contributed by atoms with Gasteiger partial charge in [-0.25, -0.2) is 9.59 Å². The Morgan fingerprint density at radius 1 is 0.738 bits per heavy atom. The normalized spacial score (nSPS) is 11.4. The average molecular weight is 584 g/mol. The maximum atomic E-state index is 12.6. The predicted octanol–water partition coefficient (Wildman–Crippen LogP) is 7.92. The van der Waals surface area contributed by atoms with E-state index >= 15 is 0 Å². The molecule has 1 N–H and O–H groups in total. The van der Waals surface area contributed by atoms with E-state index in [0.717, 1.165) is 22.0 Å². The second-order valence-electron chi connectivity index (χ2n) is 11.1. The molecule has 1 aromatic heterocycles. The van der Waals surface area contributed by atoms with E-state index in [1.807, 2.05) is 0 Å². The largest absolute Gasteiger partial charge is 0.494 e. The first-order valence-corrected chi connectivity index (χ1v) is 16.3. The van der Waals surface area contributed by atoms with Crippen molar-refractivity contribution in [3.63, 3.8) is 0 Å². The monoisotopic (exact) mass is 583 g/mol. The van der Waals surface area contributed by atoms with E-state index in [1.165, 1.54) is 96.1 Å². The SMILES string of the molecule is CCCCCCCCCCCCCCCCCCOC(=O)c1ccc(N=Cc2c(O)n(CC)c(=O)n(CC)c2=O)cc1. The fraction of sp³-hybridized carbons (Fsp3) is 0.647. The zero-order valence-corrected chi connectivity index (χ0v) is 26.2. The number of rotatable bonds is 22. The quantitative estimate of drug-likeness (QED) is 0.0861. The van der Waals surface area contributed by atoms with Crippen molar-refractivity contribution in [2.75, 3.05) is 6.61 Å². The van der Waals surface area contributed by atoms with Crippen LogP contribution in [0.1, 0.15) is 139 Å². The molecule has 0 spiro atoms. The molecule has 8 heteroatoms. The molecule has 8 nitrogen and oxygen atoms in total. The fourth-order valence-electron chi connectivity index (χ4n) is 5.11. The highest BCUT2D eigenvalue weighted by Gasteiger charge is 2.15. The number of benzene rings is 1. The minimum absolute atomic E-state index is 0.0550. The summed E-state index contributed by atoms with van der Waals surface area (Å²) in [7, 11) is 0. The maximum Gasteiger partial charge on any atom is 0.338 e. The third-order valence-corrected chi connectivity index (χ3v) is 7.74. The van der Waals surface area contributed by atoms with Crippen LogP contribution >= 0.6 is 0 Å². The Kier molecular flexibility index (Phi) is 17.2. The second-order valence-corrected chi connectivity index (χ2v) is 11.1. The maximum absolute atomic E-state index is 12.6. The molecule has 0 saturated heterocycles. The van der Waals surface area contributed by atoms with Crippen LogP contribution in [0.2, 0.25) is 0 Å². The van der Waals surface area contributed by atoms with Crippen molar-refractivity contribution in [1.29, 1.82) is 0 Å². The Bertz CT molecular complexity index is 1200. The number of carbonyl (C=O) groups is 1. The van der Waals surface area contributed by atoms with Crippen molar-refractivity contribution >= 4 is 17.9 Å². The number of ether oxygens (including phenoxy) is 1. The summed E-state index contributed by atoms with van der Waals surface area (Å²) in [6.45, 7) is 6.50. The summed E-state index contributed by atoms with van der Waals surface area (Å²) in [4.78, 5) is 41.6. The van der Waals surface area contributed by atoms with Crippen LogP contribution in [0.5, 0.6) is 5.88 Å². The molecule has 0 aliphatic heterocycles. The van der Waals surface area contributed by atoms with Crippen molar-refractivity contribution in [3.8, 4) is 5.88 Å². The lowest BCUT2D eigenvalue weighted by Crippen LogP contribution is -2.41. The van der Waals surface area contributed by atoms with Crippen LogP contribution < -0.4 is 11.2 Å². The van der Waals surface area contributed by atoms with Gasteiger partial charge in [0.25, 0.3) is 5.56 Å². The Balaban J connectivity index is 1.61. The first-order valence-electron chi connectivity index (χ1n) is 16.3. The van der Waals surface area contributed by atoms with E-state index in [0.29, 0.717) is 17.9 Å². The zero-order valence-electron chi connectivity index (χ0n) is 26.2. The molecule has 42 heavy (non-hydrogen) atoms. The molecule has 0 aliphatic rings. The van der Waals surface area contributed by atoms with Gasteiger partial charge in [0.15, 0.2) is 0 Å². The van der Waals surface area contributed by atoms with Gasteiger partial charge in [-0.05, 0) is 44.5 Å². The van der Waals surface area contributed by atoms with Gasteiger partial charge in [-0.15, -0.1) is 0 Å². The van der Waals surface area contributed by atoms with E-state index in [9.17, 15) is 19.5 Å². The molecule has 1 aromatic carbocycles. The summed E-state index contributed by atoms with van der Waals surface area (Å²) in [6.07, 6.45) is 22.1. The van der Waals surface area contributed by atoms with E-state index < -0.39 is 17.1 Å². The number of carbonyl (C=O) groups excluding carboxylic acids is 1. The summed E-state index contributed by atoms with van der Waals surface area (Å²) in [6, 6.07) is 6.54. The Labute approximate surface area is 251 Å². The topological polar surface area (TPSA) is 103 Å². The van der Waals surface area contributed by atoms with E-state index in [1.54, 1.807) is 38.1 Å². The van der Waals surface area contributed by atoms with Crippen molar-refractivity contribution < 1.29 is 14.6 Å². The molecule has 0 bridgehead atoms. The second kappa shape index (κ2) is 20.7. The number of aromatic hydroxyl groups is 1. The highest BCUT2D eigenvalue weighted by molar-refractivity contribution is 5.90. The van der Waals surface area contributed by atoms with Gasteiger partial charge >= 0.3 is 11.7 Å². The molecule has 2 rings (SSSR count). The molecule has 2 aromatic rings. The molecule has 0 amide bonds. The first-order chi connectivity index (χ1) is 20.4. The first kappa shape index (κ1) is 35.0. The zero-order chi connectivity index (χ0) is 30.6. The Morgan fingerprint density at radius 3 is 1.69 bits per heavy atom. The van der Waals surface area contributed by atoms with Crippen molar-refractivity contribution in [2.24, 2.45) is 4.99 Å². The van der Waals surface area contributed by atoms with Crippen LogP contribution in [0.4, 0.5) is 5.69 Å². The van der Waals surface area contributed by atoms with Crippen LogP contribution in [-0.4, -0.2) is 33.0 Å². The van der Waals surface area contributed by atoms with Gasteiger partial charge in [-0.3, -0.25) is 18.9 Å². The van der Waals surface area contributed by atoms with Gasteiger partial charge in [0, 0.05) is 19.3 Å². The number of hydrogen-bond acceptors (Lipinski definition) is 6. The summed E-state index contributed by atoms with van der Waals surface area (Å²) < 4.78 is 7.61. The summed E-state index contributed by atoms with van der Waals surface area (Å²) >= 11 is 0. The highest BCUT2D eigenvalue weighted by Crippen LogP contribution is 2.17. The molecule has 0 unspecified atom stereocenters. The number of hydrogen-bond donors (Lipinski definition) is 1. The van der Waals surface area contributed by atoms with Crippen LogP contribution in [-0.2, 0) is 17.8 Å². The molecule has 1 heterocycles. The van der Waals surface area contributed by atoms with Crippen molar-refractivity contribution in [2.45, 2.75) is 137 Å². The third-order valence-electron chi connectivity index (χ3n) is 7.74. The predicted molar refractivity (Wildman–Crippen MR) is 171 cm³/mol. The summed E-state index contributed by atoms with van der Waals surface area (Å²) in [5.41, 5.74) is -0.271. The van der Waals surface area contributed by atoms with Gasteiger partial charge in [0.2, 0.25) is 5.88 Å². The smallest absolute Gasteiger partial charge is 0.338 e. The lowest BCUT2D eigenvalue weighted by atomic mass is 10.0. The van der Waals surface area contributed by atoms with Gasteiger partial charge in [-0.1, -0.05) is 103 Å². The molecule has 0 atom stereocenters. The minimum atomic E-state index is -0.595. The summed E-state index contributed by atoms with van der Waals surface area (Å²) in [5, 5.41) is 10.4. The molecular weight excluding hydrogens is 530 g/mol. The molecule has 234 valence electrons. The minimum Gasteiger partial charge on any atom is -0.494 e. The van der Waals surface area contributed by atoms with Gasteiger partial charge < -0.3 is 9.84 Å². The number of esters is 1. The van der Waals surface area contributed by atoms with E-state index in [4.69, 9.17) is 4.74 Å². The molecule has 0 radical (unpaired) electrons. The lowest BCUT2D eigenvalue weighted by Gasteiger charge is -2.11. The van der Waals surface area contributed by atoms with Gasteiger partial charge in [-0.2, -0.15) is 0 Å². The lowest BCUT2D eigenvalue weighted by molar-refractivity contribution is 0.0497. The number of aromatic nitrogens is 2. The standard InChI is InChI=1S/C34H53N3O5/c1-4-7-8-9-10-11-12-13-14-15-16-17-18-19-20-21-26-42-33(40)28-22-24-29(25-23-28)35-27-30-31(38)36(5-2)34(41)37(6-3)32(30)39/h22-25,27,38H,4-21,26H2,1-3H3.